The van der Waals surface area contributed by atoms with E-state index in [1.807, 2.05) is 0 Å². The normalized spacial score (nSPS) is 21.5. The van der Waals surface area contributed by atoms with Gasteiger partial charge in [0, 0.05) is 32.1 Å². The largest absolute Gasteiger partial charge is 0.379 e. The Morgan fingerprint density at radius 3 is 2.67 bits per heavy atom. The number of nitrogens with one attached hydrogen (secondary N) is 1. The van der Waals surface area contributed by atoms with Crippen LogP contribution < -0.4 is 11.1 Å². The summed E-state index contributed by atoms with van der Waals surface area (Å²) in [7, 11) is 0. The van der Waals surface area contributed by atoms with Gasteiger partial charge in [0.05, 0.1) is 13.2 Å². The van der Waals surface area contributed by atoms with Crippen LogP contribution in [0, 0.1) is 5.92 Å². The van der Waals surface area contributed by atoms with Gasteiger partial charge in [-0.3, -0.25) is 9.69 Å². The van der Waals surface area contributed by atoms with Crippen LogP contribution in [0.2, 0.25) is 0 Å². The molecular formula is C19H37N3O2. The van der Waals surface area contributed by atoms with E-state index in [1.54, 1.807) is 0 Å². The number of morpholine rings is 1. The van der Waals surface area contributed by atoms with Crippen LogP contribution in [0.1, 0.15) is 64.2 Å². The highest BCUT2D eigenvalue weighted by Crippen LogP contribution is 2.27. The number of nitrogens with zero attached hydrogens (tertiary/aromatic N) is 1. The lowest BCUT2D eigenvalue weighted by Crippen LogP contribution is -2.38. The molecule has 24 heavy (non-hydrogen) atoms. The van der Waals surface area contributed by atoms with Crippen molar-refractivity contribution in [3.05, 3.63) is 0 Å². The Labute approximate surface area is 147 Å². The van der Waals surface area contributed by atoms with E-state index in [-0.39, 0.29) is 11.9 Å². The smallest absolute Gasteiger partial charge is 0.219 e. The first-order chi connectivity index (χ1) is 11.7. The fraction of sp³-hybridized carbons (Fsp3) is 0.947. The van der Waals surface area contributed by atoms with Crippen molar-refractivity contribution in [2.24, 2.45) is 11.7 Å². The maximum absolute atomic E-state index is 11.9. The molecule has 1 aliphatic carbocycles. The maximum Gasteiger partial charge on any atom is 0.219 e. The second-order valence-electron chi connectivity index (χ2n) is 7.55. The molecule has 2 rings (SSSR count). The summed E-state index contributed by atoms with van der Waals surface area (Å²) in [4.78, 5) is 14.3. The lowest BCUT2D eigenvalue weighted by molar-refractivity contribution is -0.121. The van der Waals surface area contributed by atoms with Crippen LogP contribution in [-0.2, 0) is 9.53 Å². The summed E-state index contributed by atoms with van der Waals surface area (Å²) >= 11 is 0. The number of ether oxygens (including phenoxy) is 1. The zero-order valence-corrected chi connectivity index (χ0v) is 15.3. The fourth-order valence-corrected chi connectivity index (χ4v) is 3.94. The van der Waals surface area contributed by atoms with Crippen molar-refractivity contribution in [3.63, 3.8) is 0 Å². The number of nitrogens with two attached hydrogens (primary N) is 1. The van der Waals surface area contributed by atoms with Crippen LogP contribution in [0.4, 0.5) is 0 Å². The molecule has 0 aromatic carbocycles. The van der Waals surface area contributed by atoms with E-state index in [1.165, 1.54) is 32.1 Å². The highest BCUT2D eigenvalue weighted by atomic mass is 16.5. The summed E-state index contributed by atoms with van der Waals surface area (Å²) in [6.07, 6.45) is 11.6. The number of hydrogen-bond donors (Lipinski definition) is 2. The molecule has 1 atom stereocenters. The van der Waals surface area contributed by atoms with Gasteiger partial charge in [-0.15, -0.1) is 0 Å². The van der Waals surface area contributed by atoms with Crippen LogP contribution in [-0.4, -0.2) is 56.2 Å². The summed E-state index contributed by atoms with van der Waals surface area (Å²) in [6, 6.07) is 0.280. The molecule has 0 radical (unpaired) electrons. The molecule has 0 aromatic heterocycles. The molecule has 0 bridgehead atoms. The van der Waals surface area contributed by atoms with Gasteiger partial charge in [-0.1, -0.05) is 32.1 Å². The summed E-state index contributed by atoms with van der Waals surface area (Å²) in [6.45, 7) is 5.56. The predicted octanol–water partition coefficient (Wildman–Crippen LogP) is 2.29. The highest BCUT2D eigenvalue weighted by molar-refractivity contribution is 5.75. The molecule has 1 aliphatic heterocycles. The molecule has 1 saturated heterocycles. The van der Waals surface area contributed by atoms with Gasteiger partial charge in [0.25, 0.3) is 0 Å². The van der Waals surface area contributed by atoms with E-state index >= 15 is 0 Å². The van der Waals surface area contributed by atoms with Gasteiger partial charge in [0.1, 0.15) is 0 Å². The van der Waals surface area contributed by atoms with E-state index in [9.17, 15) is 4.79 Å². The van der Waals surface area contributed by atoms with Gasteiger partial charge >= 0.3 is 0 Å². The molecule has 1 heterocycles. The zero-order valence-electron chi connectivity index (χ0n) is 15.3. The van der Waals surface area contributed by atoms with E-state index in [2.05, 4.69) is 10.2 Å². The van der Waals surface area contributed by atoms with Crippen LogP contribution in [0.5, 0.6) is 0 Å². The molecule has 0 aromatic rings. The minimum Gasteiger partial charge on any atom is -0.379 e. The lowest BCUT2D eigenvalue weighted by atomic mass is 9.84. The Bertz CT molecular complexity index is 340. The van der Waals surface area contributed by atoms with Crippen molar-refractivity contribution >= 4 is 5.91 Å². The van der Waals surface area contributed by atoms with Crippen LogP contribution in [0.15, 0.2) is 0 Å². The highest BCUT2D eigenvalue weighted by Gasteiger charge is 2.16. The summed E-state index contributed by atoms with van der Waals surface area (Å²) in [5.74, 6) is 1.02. The second-order valence-corrected chi connectivity index (χ2v) is 7.55. The zero-order chi connectivity index (χ0) is 17.0. The predicted molar refractivity (Wildman–Crippen MR) is 97.9 cm³/mol. The van der Waals surface area contributed by atoms with Crippen molar-refractivity contribution in [1.29, 1.82) is 0 Å². The molecule has 0 unspecified atom stereocenters. The molecule has 2 aliphatic rings. The van der Waals surface area contributed by atoms with E-state index < -0.39 is 0 Å². The number of hydrogen-bond acceptors (Lipinski definition) is 4. The maximum atomic E-state index is 11.9. The van der Waals surface area contributed by atoms with E-state index in [4.69, 9.17) is 10.5 Å². The Balaban J connectivity index is 1.42. The Morgan fingerprint density at radius 2 is 1.92 bits per heavy atom. The van der Waals surface area contributed by atoms with Gasteiger partial charge in [-0.05, 0) is 38.1 Å². The molecule has 5 heteroatoms. The minimum absolute atomic E-state index is 0.182. The molecule has 140 valence electrons. The van der Waals surface area contributed by atoms with Crippen molar-refractivity contribution in [3.8, 4) is 0 Å². The molecule has 1 saturated carbocycles. The molecular weight excluding hydrogens is 302 g/mol. The third-order valence-electron chi connectivity index (χ3n) is 5.42. The van der Waals surface area contributed by atoms with Gasteiger partial charge < -0.3 is 15.8 Å². The average molecular weight is 340 g/mol. The topological polar surface area (TPSA) is 67.6 Å². The quantitative estimate of drug-likeness (QED) is 0.599. The molecule has 0 spiro atoms. The van der Waals surface area contributed by atoms with Crippen molar-refractivity contribution in [2.75, 3.05) is 39.4 Å². The van der Waals surface area contributed by atoms with Crippen molar-refractivity contribution < 1.29 is 9.53 Å². The molecule has 3 N–H and O–H groups in total. The van der Waals surface area contributed by atoms with Crippen molar-refractivity contribution in [1.82, 2.24) is 10.2 Å². The second kappa shape index (κ2) is 11.8. The van der Waals surface area contributed by atoms with Crippen LogP contribution >= 0.6 is 0 Å². The molecule has 2 fully saturated rings. The lowest BCUT2D eigenvalue weighted by Gasteiger charge is -2.26. The number of amides is 1. The minimum atomic E-state index is 0.182. The number of carbonyl (C=O) groups excluding carboxylic acids is 1. The first-order valence-corrected chi connectivity index (χ1v) is 10.1. The number of rotatable bonds is 10. The molecule has 1 amide bonds. The summed E-state index contributed by atoms with van der Waals surface area (Å²) in [5.41, 5.74) is 6.25. The monoisotopic (exact) mass is 339 g/mol. The van der Waals surface area contributed by atoms with Gasteiger partial charge in [0.2, 0.25) is 5.91 Å². The first-order valence-electron chi connectivity index (χ1n) is 10.1. The summed E-state index contributed by atoms with van der Waals surface area (Å²) in [5, 5.41) is 3.04. The van der Waals surface area contributed by atoms with Crippen LogP contribution in [0.25, 0.3) is 0 Å². The van der Waals surface area contributed by atoms with Gasteiger partial charge in [-0.25, -0.2) is 0 Å². The van der Waals surface area contributed by atoms with Gasteiger partial charge in [-0.2, -0.15) is 0 Å². The fourth-order valence-electron chi connectivity index (χ4n) is 3.94. The number of carbonyl (C=O) groups is 1. The Morgan fingerprint density at radius 1 is 1.17 bits per heavy atom. The Hall–Kier alpha value is -0.650. The molecule has 5 nitrogen and oxygen atoms in total. The van der Waals surface area contributed by atoms with E-state index in [0.717, 1.165) is 71.0 Å². The average Bonchev–Trinajstić information content (AvgIpc) is 2.60. The first kappa shape index (κ1) is 19.7. The standard InChI is InChI=1S/C19H37N3O2/c20-18(16-17-6-2-1-3-7-17)8-4-9-19(23)21-10-5-11-22-12-14-24-15-13-22/h17-18H,1-16,20H2,(H,21,23)/t18-/m1/s1. The Kier molecular flexibility index (Phi) is 9.69. The SMILES string of the molecule is N[C@H](CCCC(=O)NCCCN1CCOCC1)CC1CCCCC1. The van der Waals surface area contributed by atoms with Gasteiger partial charge in [0.15, 0.2) is 0 Å². The van der Waals surface area contributed by atoms with Crippen LogP contribution in [0.3, 0.4) is 0 Å². The van der Waals surface area contributed by atoms with Crippen molar-refractivity contribution in [2.45, 2.75) is 70.3 Å². The third kappa shape index (κ3) is 8.45. The third-order valence-corrected chi connectivity index (χ3v) is 5.42. The summed E-state index contributed by atoms with van der Waals surface area (Å²) < 4.78 is 5.33. The van der Waals surface area contributed by atoms with E-state index in [0.29, 0.717) is 6.42 Å².